The summed E-state index contributed by atoms with van der Waals surface area (Å²) in [6.45, 7) is 0.946. The molecule has 1 N–H and O–H groups in total. The molecule has 1 aliphatic rings. The van der Waals surface area contributed by atoms with Crippen molar-refractivity contribution in [3.8, 4) is 17.6 Å². The summed E-state index contributed by atoms with van der Waals surface area (Å²) in [7, 11) is 3.27. The normalized spacial score (nSPS) is 15.6. The largest absolute Gasteiger partial charge is 0.493 e. The Bertz CT molecular complexity index is 1120. The van der Waals surface area contributed by atoms with Gasteiger partial charge in [-0.15, -0.1) is 11.3 Å². The molecule has 6 nitrogen and oxygen atoms in total. The molecule has 0 radical (unpaired) electrons. The molecule has 31 heavy (non-hydrogen) atoms. The lowest BCUT2D eigenvalue weighted by atomic mass is 9.87. The smallest absolute Gasteiger partial charge is 0.239 e. The Kier molecular flexibility index (Phi) is 6.21. The second kappa shape index (κ2) is 9.21. The number of carbonyl (C=O) groups is 1. The van der Waals surface area contributed by atoms with Crippen LogP contribution < -0.4 is 14.8 Å². The number of amides is 1. The average Bonchev–Trinajstić information content (AvgIpc) is 3.25. The predicted octanol–water partition coefficient (Wildman–Crippen LogP) is 4.22. The molecule has 0 fully saturated rings. The summed E-state index contributed by atoms with van der Waals surface area (Å²) >= 11 is 1.36. The zero-order valence-corrected chi connectivity index (χ0v) is 18.2. The lowest BCUT2D eigenvalue weighted by molar-refractivity contribution is -0.117. The molecule has 1 aliphatic heterocycles. The van der Waals surface area contributed by atoms with Gasteiger partial charge in [-0.25, -0.2) is 0 Å². The van der Waals surface area contributed by atoms with Crippen LogP contribution in [0.15, 0.2) is 53.9 Å². The van der Waals surface area contributed by atoms with E-state index in [-0.39, 0.29) is 18.5 Å². The van der Waals surface area contributed by atoms with Crippen LogP contribution in [-0.2, 0) is 11.2 Å². The summed E-state index contributed by atoms with van der Waals surface area (Å²) in [5.41, 5.74) is 3.89. The maximum atomic E-state index is 12.9. The first-order chi connectivity index (χ1) is 15.1. The maximum Gasteiger partial charge on any atom is 0.239 e. The highest BCUT2D eigenvalue weighted by atomic mass is 32.1. The zero-order valence-electron chi connectivity index (χ0n) is 17.4. The van der Waals surface area contributed by atoms with E-state index in [2.05, 4.69) is 28.4 Å². The minimum atomic E-state index is -0.135. The van der Waals surface area contributed by atoms with E-state index in [9.17, 15) is 10.1 Å². The quantitative estimate of drug-likeness (QED) is 0.630. The zero-order chi connectivity index (χ0) is 21.8. The van der Waals surface area contributed by atoms with E-state index in [0.29, 0.717) is 22.1 Å². The van der Waals surface area contributed by atoms with Crippen LogP contribution in [0.2, 0.25) is 0 Å². The van der Waals surface area contributed by atoms with Crippen molar-refractivity contribution in [1.29, 1.82) is 5.26 Å². The van der Waals surface area contributed by atoms with Gasteiger partial charge in [-0.1, -0.05) is 30.3 Å². The average molecular weight is 434 g/mol. The van der Waals surface area contributed by atoms with E-state index < -0.39 is 0 Å². The third-order valence-electron chi connectivity index (χ3n) is 5.47. The summed E-state index contributed by atoms with van der Waals surface area (Å²) in [6, 6.07) is 17.9. The molecule has 0 saturated heterocycles. The van der Waals surface area contributed by atoms with Crippen LogP contribution in [0.3, 0.4) is 0 Å². The minimum Gasteiger partial charge on any atom is -0.493 e. The van der Waals surface area contributed by atoms with Gasteiger partial charge in [0.05, 0.1) is 32.4 Å². The number of hydrogen-bond acceptors (Lipinski definition) is 6. The first-order valence-electron chi connectivity index (χ1n) is 9.95. The van der Waals surface area contributed by atoms with E-state index in [1.807, 2.05) is 30.3 Å². The standard InChI is InChI=1S/C24H23N3O3S/c1-29-20-12-17-8-10-27(15-22(28)26-24-18(14-25)9-11-31-24)23(16-6-4-3-5-7-16)19(17)13-21(20)30-2/h3-7,9,11-13,23H,8,10,15H2,1-2H3,(H,26,28)/t23-/m1/s1. The summed E-state index contributed by atoms with van der Waals surface area (Å²) in [6.07, 6.45) is 0.800. The second-order valence-corrected chi connectivity index (χ2v) is 8.18. The fraction of sp³-hybridized carbons (Fsp3) is 0.250. The summed E-state index contributed by atoms with van der Waals surface area (Å²) < 4.78 is 11.0. The minimum absolute atomic E-state index is 0.0886. The van der Waals surface area contributed by atoms with Gasteiger partial charge in [0.1, 0.15) is 11.1 Å². The van der Waals surface area contributed by atoms with Crippen LogP contribution in [0.4, 0.5) is 5.00 Å². The summed E-state index contributed by atoms with van der Waals surface area (Å²) in [5.74, 6) is 1.25. The Morgan fingerprint density at radius 3 is 2.65 bits per heavy atom. The number of nitriles is 1. The van der Waals surface area contributed by atoms with Crippen molar-refractivity contribution in [3.63, 3.8) is 0 Å². The van der Waals surface area contributed by atoms with E-state index in [4.69, 9.17) is 9.47 Å². The first kappa shape index (κ1) is 20.9. The Labute approximate surface area is 185 Å². The third-order valence-corrected chi connectivity index (χ3v) is 6.30. The van der Waals surface area contributed by atoms with Crippen LogP contribution in [-0.4, -0.2) is 38.1 Å². The molecular weight excluding hydrogens is 410 g/mol. The highest BCUT2D eigenvalue weighted by molar-refractivity contribution is 7.14. The Balaban J connectivity index is 1.66. The molecule has 0 spiro atoms. The van der Waals surface area contributed by atoms with Crippen LogP contribution in [0.1, 0.15) is 28.3 Å². The molecule has 2 heterocycles. The Morgan fingerprint density at radius 2 is 1.94 bits per heavy atom. The topological polar surface area (TPSA) is 74.6 Å². The molecule has 0 unspecified atom stereocenters. The molecule has 7 heteroatoms. The number of rotatable bonds is 6. The highest BCUT2D eigenvalue weighted by Gasteiger charge is 2.31. The molecule has 3 aromatic rings. The van der Waals surface area contributed by atoms with Gasteiger partial charge in [-0.2, -0.15) is 5.26 Å². The first-order valence-corrected chi connectivity index (χ1v) is 10.8. The Morgan fingerprint density at radius 1 is 1.19 bits per heavy atom. The van der Waals surface area contributed by atoms with Crippen molar-refractivity contribution >= 4 is 22.2 Å². The molecule has 1 aromatic heterocycles. The predicted molar refractivity (Wildman–Crippen MR) is 121 cm³/mol. The second-order valence-electron chi connectivity index (χ2n) is 7.26. The van der Waals surface area contributed by atoms with Crippen molar-refractivity contribution < 1.29 is 14.3 Å². The van der Waals surface area contributed by atoms with Crippen molar-refractivity contribution in [3.05, 3.63) is 76.2 Å². The van der Waals surface area contributed by atoms with Crippen molar-refractivity contribution in [1.82, 2.24) is 4.90 Å². The number of nitrogens with zero attached hydrogens (tertiary/aromatic N) is 2. The molecular formula is C24H23N3O3S. The van der Waals surface area contributed by atoms with Gasteiger partial charge >= 0.3 is 0 Å². The van der Waals surface area contributed by atoms with Gasteiger partial charge in [0.2, 0.25) is 5.91 Å². The number of nitrogens with one attached hydrogen (secondary N) is 1. The molecule has 1 atom stereocenters. The number of fused-ring (bicyclic) bond motifs is 1. The van der Waals surface area contributed by atoms with Crippen LogP contribution in [0.5, 0.6) is 11.5 Å². The van der Waals surface area contributed by atoms with Crippen LogP contribution in [0.25, 0.3) is 0 Å². The van der Waals surface area contributed by atoms with E-state index in [1.54, 1.807) is 25.7 Å². The molecule has 1 amide bonds. The molecule has 0 saturated carbocycles. The van der Waals surface area contributed by atoms with Gasteiger partial charge < -0.3 is 14.8 Å². The monoisotopic (exact) mass is 433 g/mol. The molecule has 0 bridgehead atoms. The van der Waals surface area contributed by atoms with Crippen LogP contribution in [0, 0.1) is 11.3 Å². The van der Waals surface area contributed by atoms with Crippen molar-refractivity contribution in [2.24, 2.45) is 0 Å². The number of methoxy groups -OCH3 is 2. The number of thiophene rings is 1. The number of carbonyl (C=O) groups excluding carboxylic acids is 1. The van der Waals surface area contributed by atoms with Gasteiger partial charge in [0.25, 0.3) is 0 Å². The lowest BCUT2D eigenvalue weighted by Crippen LogP contribution is -2.41. The highest BCUT2D eigenvalue weighted by Crippen LogP contribution is 2.40. The molecule has 158 valence electrons. The lowest BCUT2D eigenvalue weighted by Gasteiger charge is -2.37. The van der Waals surface area contributed by atoms with E-state index in [0.717, 1.165) is 24.1 Å². The number of hydrogen-bond donors (Lipinski definition) is 1. The number of benzene rings is 2. The van der Waals surface area contributed by atoms with Gasteiger partial charge in [-0.05, 0) is 46.7 Å². The SMILES string of the molecule is COc1cc2c(cc1OC)[C@@H](c1ccccc1)N(CC(=O)Nc1sccc1C#N)CC2. The van der Waals surface area contributed by atoms with Gasteiger partial charge in [0.15, 0.2) is 11.5 Å². The summed E-state index contributed by atoms with van der Waals surface area (Å²) in [4.78, 5) is 15.0. The number of anilines is 1. The fourth-order valence-electron chi connectivity index (χ4n) is 4.04. The van der Waals surface area contributed by atoms with E-state index in [1.165, 1.54) is 16.9 Å². The summed E-state index contributed by atoms with van der Waals surface area (Å²) in [5, 5.41) is 14.5. The number of ether oxygens (including phenoxy) is 2. The molecule has 2 aromatic carbocycles. The third kappa shape index (κ3) is 4.26. The molecule has 0 aliphatic carbocycles. The van der Waals surface area contributed by atoms with E-state index >= 15 is 0 Å². The van der Waals surface area contributed by atoms with Gasteiger partial charge in [0, 0.05) is 6.54 Å². The van der Waals surface area contributed by atoms with Crippen molar-refractivity contribution in [2.45, 2.75) is 12.5 Å². The Hall–Kier alpha value is -3.34. The van der Waals surface area contributed by atoms with Crippen LogP contribution >= 0.6 is 11.3 Å². The maximum absolute atomic E-state index is 12.9. The van der Waals surface area contributed by atoms with Crippen molar-refractivity contribution in [2.75, 3.05) is 32.6 Å². The fourth-order valence-corrected chi connectivity index (χ4v) is 4.79. The molecule has 4 rings (SSSR count). The van der Waals surface area contributed by atoms with Gasteiger partial charge in [-0.3, -0.25) is 9.69 Å².